The first-order valence-electron chi connectivity index (χ1n) is 3.56. The van der Waals surface area contributed by atoms with Crippen molar-refractivity contribution in [2.24, 2.45) is 7.05 Å². The fourth-order valence-electron chi connectivity index (χ4n) is 0.827. The van der Waals surface area contributed by atoms with Crippen molar-refractivity contribution in [3.63, 3.8) is 0 Å². The van der Waals surface area contributed by atoms with Crippen molar-refractivity contribution in [3.8, 4) is 0 Å². The van der Waals surface area contributed by atoms with E-state index in [-0.39, 0.29) is 12.5 Å². The second-order valence-electron chi connectivity index (χ2n) is 2.33. The van der Waals surface area contributed by atoms with Crippen molar-refractivity contribution in [3.05, 3.63) is 18.2 Å². The molecule has 66 valence electrons. The third-order valence-electron chi connectivity index (χ3n) is 1.43. The molecule has 1 N–H and O–H groups in total. The second-order valence-corrected chi connectivity index (χ2v) is 2.33. The number of carbonyl (C=O) groups excluding carboxylic acids is 1. The van der Waals surface area contributed by atoms with Gasteiger partial charge in [-0.1, -0.05) is 0 Å². The van der Waals surface area contributed by atoms with Crippen LogP contribution >= 0.6 is 0 Å². The fourth-order valence-corrected chi connectivity index (χ4v) is 0.827. The number of imidazole rings is 1. The highest BCUT2D eigenvalue weighted by atomic mass is 19.1. The summed E-state index contributed by atoms with van der Waals surface area (Å²) in [5, 5.41) is 2.40. The van der Waals surface area contributed by atoms with Crippen molar-refractivity contribution in [2.75, 3.05) is 13.2 Å². The highest BCUT2D eigenvalue weighted by Crippen LogP contribution is 1.94. The molecule has 0 aliphatic carbocycles. The zero-order valence-electron chi connectivity index (χ0n) is 6.75. The van der Waals surface area contributed by atoms with Gasteiger partial charge in [-0.3, -0.25) is 4.79 Å². The van der Waals surface area contributed by atoms with Crippen LogP contribution in [0.1, 0.15) is 10.5 Å². The Morgan fingerprint density at radius 2 is 2.58 bits per heavy atom. The average Bonchev–Trinajstić information content (AvgIpc) is 2.47. The standard InChI is InChI=1S/C7H10FN3O/c1-11-5-9-4-6(11)7(12)10-3-2-8/h4-5H,2-3H2,1H3,(H,10,12). The maximum absolute atomic E-state index is 11.7. The van der Waals surface area contributed by atoms with Gasteiger partial charge >= 0.3 is 0 Å². The Labute approximate surface area is 69.4 Å². The molecule has 0 saturated carbocycles. The Kier molecular flexibility index (Phi) is 2.79. The number of amides is 1. The molecule has 0 aliphatic rings. The predicted octanol–water partition coefficient (Wildman–Crippen LogP) is 0.119. The lowest BCUT2D eigenvalue weighted by atomic mass is 10.4. The largest absolute Gasteiger partial charge is 0.348 e. The number of carbonyl (C=O) groups is 1. The molecule has 4 nitrogen and oxygen atoms in total. The highest BCUT2D eigenvalue weighted by Gasteiger charge is 2.07. The number of hydrogen-bond acceptors (Lipinski definition) is 2. The average molecular weight is 171 g/mol. The molecule has 1 aromatic heterocycles. The molecule has 1 aromatic rings. The van der Waals surface area contributed by atoms with Gasteiger partial charge in [-0.25, -0.2) is 9.37 Å². The summed E-state index contributed by atoms with van der Waals surface area (Å²) in [6, 6.07) is 0. The van der Waals surface area contributed by atoms with Crippen LogP contribution in [0.25, 0.3) is 0 Å². The smallest absolute Gasteiger partial charge is 0.269 e. The molecule has 0 atom stereocenters. The van der Waals surface area contributed by atoms with E-state index >= 15 is 0 Å². The first kappa shape index (κ1) is 8.70. The van der Waals surface area contributed by atoms with Crippen molar-refractivity contribution in [2.45, 2.75) is 0 Å². The Morgan fingerprint density at radius 3 is 3.08 bits per heavy atom. The van der Waals surface area contributed by atoms with Crippen LogP contribution in [0.4, 0.5) is 4.39 Å². The number of hydrogen-bond donors (Lipinski definition) is 1. The molecule has 0 aromatic carbocycles. The van der Waals surface area contributed by atoms with Crippen LogP contribution in [-0.2, 0) is 7.05 Å². The third-order valence-corrected chi connectivity index (χ3v) is 1.43. The molecular formula is C7H10FN3O. The molecule has 1 heterocycles. The highest BCUT2D eigenvalue weighted by molar-refractivity contribution is 5.92. The summed E-state index contributed by atoms with van der Waals surface area (Å²) in [4.78, 5) is 14.9. The van der Waals surface area contributed by atoms with E-state index in [0.717, 1.165) is 0 Å². The van der Waals surface area contributed by atoms with Crippen LogP contribution < -0.4 is 5.32 Å². The molecular weight excluding hydrogens is 161 g/mol. The van der Waals surface area contributed by atoms with E-state index in [2.05, 4.69) is 10.3 Å². The summed E-state index contributed by atoms with van der Waals surface area (Å²) in [5.74, 6) is -0.298. The number of alkyl halides is 1. The van der Waals surface area contributed by atoms with Crippen molar-refractivity contribution in [1.82, 2.24) is 14.9 Å². The lowest BCUT2D eigenvalue weighted by Gasteiger charge is -2.01. The molecule has 12 heavy (non-hydrogen) atoms. The molecule has 0 unspecified atom stereocenters. The molecule has 1 amide bonds. The maximum Gasteiger partial charge on any atom is 0.269 e. The van der Waals surface area contributed by atoms with Crippen LogP contribution in [0.15, 0.2) is 12.5 Å². The fraction of sp³-hybridized carbons (Fsp3) is 0.429. The van der Waals surface area contributed by atoms with Gasteiger partial charge in [0.15, 0.2) is 0 Å². The minimum Gasteiger partial charge on any atom is -0.348 e. The van der Waals surface area contributed by atoms with Crippen molar-refractivity contribution < 1.29 is 9.18 Å². The topological polar surface area (TPSA) is 46.9 Å². The molecule has 0 spiro atoms. The number of aryl methyl sites for hydroxylation is 1. The lowest BCUT2D eigenvalue weighted by molar-refractivity contribution is 0.0942. The van der Waals surface area contributed by atoms with Crippen LogP contribution in [0, 0.1) is 0 Å². The summed E-state index contributed by atoms with van der Waals surface area (Å²) in [6.07, 6.45) is 2.96. The first-order chi connectivity index (χ1) is 5.75. The minimum atomic E-state index is -0.552. The number of halogens is 1. The Hall–Kier alpha value is -1.39. The van der Waals surface area contributed by atoms with E-state index in [9.17, 15) is 9.18 Å². The third kappa shape index (κ3) is 1.81. The predicted molar refractivity (Wildman–Crippen MR) is 41.5 cm³/mol. The Bertz CT molecular complexity index is 271. The van der Waals surface area contributed by atoms with Crippen LogP contribution in [0.5, 0.6) is 0 Å². The summed E-state index contributed by atoms with van der Waals surface area (Å²) in [6.45, 7) is -0.506. The van der Waals surface area contributed by atoms with E-state index in [1.54, 1.807) is 11.6 Å². The van der Waals surface area contributed by atoms with E-state index in [1.807, 2.05) is 0 Å². The van der Waals surface area contributed by atoms with Gasteiger partial charge in [0, 0.05) is 13.6 Å². The van der Waals surface area contributed by atoms with Gasteiger partial charge in [-0.15, -0.1) is 0 Å². The van der Waals surface area contributed by atoms with Crippen LogP contribution in [0.2, 0.25) is 0 Å². The molecule has 0 radical (unpaired) electrons. The molecule has 0 aliphatic heterocycles. The summed E-state index contributed by atoms with van der Waals surface area (Å²) >= 11 is 0. The summed E-state index contributed by atoms with van der Waals surface area (Å²) in [5.41, 5.74) is 0.434. The van der Waals surface area contributed by atoms with Crippen LogP contribution in [-0.4, -0.2) is 28.7 Å². The SMILES string of the molecule is Cn1cncc1C(=O)NCCF. The van der Waals surface area contributed by atoms with E-state index < -0.39 is 6.67 Å². The quantitative estimate of drug-likeness (QED) is 0.702. The zero-order valence-corrected chi connectivity index (χ0v) is 6.75. The van der Waals surface area contributed by atoms with Gasteiger partial charge in [-0.05, 0) is 0 Å². The summed E-state index contributed by atoms with van der Waals surface area (Å²) < 4.78 is 13.2. The first-order valence-corrected chi connectivity index (χ1v) is 3.56. The van der Waals surface area contributed by atoms with Gasteiger partial charge in [-0.2, -0.15) is 0 Å². The number of aromatic nitrogens is 2. The monoisotopic (exact) mass is 171 g/mol. The molecule has 0 saturated heterocycles. The van der Waals surface area contributed by atoms with Crippen molar-refractivity contribution >= 4 is 5.91 Å². The van der Waals surface area contributed by atoms with E-state index in [4.69, 9.17) is 0 Å². The van der Waals surface area contributed by atoms with Gasteiger partial charge in [0.1, 0.15) is 12.4 Å². The lowest BCUT2D eigenvalue weighted by Crippen LogP contribution is -2.27. The van der Waals surface area contributed by atoms with E-state index in [1.165, 1.54) is 12.5 Å². The van der Waals surface area contributed by atoms with Gasteiger partial charge in [0.25, 0.3) is 5.91 Å². The minimum absolute atomic E-state index is 0.0456. The molecule has 1 rings (SSSR count). The van der Waals surface area contributed by atoms with Crippen molar-refractivity contribution in [1.29, 1.82) is 0 Å². The van der Waals surface area contributed by atoms with Crippen LogP contribution in [0.3, 0.4) is 0 Å². The van der Waals surface area contributed by atoms with E-state index in [0.29, 0.717) is 5.69 Å². The molecule has 0 bridgehead atoms. The zero-order chi connectivity index (χ0) is 8.97. The van der Waals surface area contributed by atoms with Gasteiger partial charge in [0.05, 0.1) is 12.5 Å². The summed E-state index contributed by atoms with van der Waals surface area (Å²) in [7, 11) is 1.71. The maximum atomic E-state index is 11.7. The van der Waals surface area contributed by atoms with Gasteiger partial charge in [0.2, 0.25) is 0 Å². The normalized spacial score (nSPS) is 9.83. The number of nitrogens with one attached hydrogen (secondary N) is 1. The Morgan fingerprint density at radius 1 is 1.83 bits per heavy atom. The molecule has 5 heteroatoms. The molecule has 0 fully saturated rings. The number of rotatable bonds is 3. The Balaban J connectivity index is 2.59. The second kappa shape index (κ2) is 3.85. The van der Waals surface area contributed by atoms with Gasteiger partial charge < -0.3 is 9.88 Å². The number of nitrogens with zero attached hydrogens (tertiary/aromatic N) is 2.